The third-order valence-electron chi connectivity index (χ3n) is 10.3. The van der Waals surface area contributed by atoms with E-state index in [1.165, 1.54) is 44.5 Å². The molecule has 5 aromatic carbocycles. The minimum absolute atomic E-state index is 0.125. The third kappa shape index (κ3) is 3.33. The van der Waals surface area contributed by atoms with Crippen molar-refractivity contribution < 1.29 is 4.42 Å². The number of hydrogen-bond acceptors (Lipinski definition) is 3. The minimum atomic E-state index is 0.125. The number of nitrogens with zero attached hydrogens (tertiary/aromatic N) is 3. The Balaban J connectivity index is 1.36. The summed E-state index contributed by atoms with van der Waals surface area (Å²) in [6.07, 6.45) is 0. The number of benzene rings is 5. The van der Waals surface area contributed by atoms with Crippen LogP contribution in [0.15, 0.2) is 120 Å². The molecule has 0 amide bonds. The maximum atomic E-state index is 6.57. The van der Waals surface area contributed by atoms with Crippen molar-refractivity contribution in [1.82, 2.24) is 14.5 Å². The van der Waals surface area contributed by atoms with Crippen molar-refractivity contribution in [3.05, 3.63) is 160 Å². The highest BCUT2D eigenvalue weighted by molar-refractivity contribution is 6.08. The van der Waals surface area contributed by atoms with Crippen molar-refractivity contribution in [2.45, 2.75) is 38.5 Å². The molecule has 220 valence electrons. The summed E-state index contributed by atoms with van der Waals surface area (Å²) >= 11 is 0. The van der Waals surface area contributed by atoms with Crippen LogP contribution in [0, 0.1) is 6.92 Å². The first kappa shape index (κ1) is 25.8. The van der Waals surface area contributed by atoms with Crippen LogP contribution in [-0.2, 0) is 0 Å². The minimum Gasteiger partial charge on any atom is -0.437 e. The van der Waals surface area contributed by atoms with Gasteiger partial charge >= 0.3 is 0 Å². The highest BCUT2D eigenvalue weighted by Crippen LogP contribution is 2.57. The fourth-order valence-electron chi connectivity index (χ4n) is 8.36. The quantitative estimate of drug-likeness (QED) is 0.205. The summed E-state index contributed by atoms with van der Waals surface area (Å²) in [7, 11) is 0. The molecule has 0 radical (unpaired) electrons. The van der Waals surface area contributed by atoms with Gasteiger partial charge in [-0.2, -0.15) is 0 Å². The SMILES string of the molecule is Cc1ccc2c(n1)oc1c(-c3nc4ccc5c(c4n3-c3ccccc3C(C)C)C3c4ccccc4C5c4ccccc43)cccc12. The number of rotatable bonds is 3. The zero-order valence-electron chi connectivity index (χ0n) is 26.0. The lowest BCUT2D eigenvalue weighted by Crippen LogP contribution is -2.28. The number of pyridine rings is 1. The van der Waals surface area contributed by atoms with Crippen LogP contribution in [0.3, 0.4) is 0 Å². The zero-order valence-corrected chi connectivity index (χ0v) is 26.0. The van der Waals surface area contributed by atoms with E-state index in [-0.39, 0.29) is 11.8 Å². The van der Waals surface area contributed by atoms with Crippen LogP contribution in [-0.4, -0.2) is 14.5 Å². The van der Waals surface area contributed by atoms with Crippen molar-refractivity contribution in [3.8, 4) is 17.1 Å². The van der Waals surface area contributed by atoms with Crippen LogP contribution >= 0.6 is 0 Å². The van der Waals surface area contributed by atoms with Crippen LogP contribution < -0.4 is 0 Å². The van der Waals surface area contributed by atoms with Crippen LogP contribution in [0.2, 0.25) is 0 Å². The van der Waals surface area contributed by atoms with Gasteiger partial charge in [-0.3, -0.25) is 4.57 Å². The van der Waals surface area contributed by atoms with Crippen molar-refractivity contribution in [2.24, 2.45) is 0 Å². The summed E-state index contributed by atoms with van der Waals surface area (Å²) in [4.78, 5) is 10.2. The first-order valence-electron chi connectivity index (χ1n) is 16.2. The van der Waals surface area contributed by atoms with E-state index in [0.29, 0.717) is 11.6 Å². The fourth-order valence-corrected chi connectivity index (χ4v) is 8.36. The van der Waals surface area contributed by atoms with Gasteiger partial charge in [0.25, 0.3) is 0 Å². The first-order chi connectivity index (χ1) is 22.6. The number of aryl methyl sites for hydroxylation is 1. The van der Waals surface area contributed by atoms with Gasteiger partial charge in [0.15, 0.2) is 0 Å². The Bertz CT molecular complexity index is 2500. The number of furan rings is 1. The Morgan fingerprint density at radius 3 is 2.07 bits per heavy atom. The Kier molecular flexibility index (Phi) is 5.20. The van der Waals surface area contributed by atoms with E-state index < -0.39 is 0 Å². The van der Waals surface area contributed by atoms with E-state index in [4.69, 9.17) is 14.4 Å². The molecule has 3 aliphatic rings. The highest BCUT2D eigenvalue weighted by atomic mass is 16.3. The molecule has 3 heterocycles. The van der Waals surface area contributed by atoms with E-state index in [1.807, 2.05) is 6.92 Å². The lowest BCUT2D eigenvalue weighted by molar-refractivity contribution is 0.653. The number of hydrogen-bond donors (Lipinski definition) is 0. The van der Waals surface area contributed by atoms with Gasteiger partial charge in [0, 0.05) is 28.3 Å². The second kappa shape index (κ2) is 9.27. The molecule has 46 heavy (non-hydrogen) atoms. The molecule has 11 rings (SSSR count). The van der Waals surface area contributed by atoms with Crippen LogP contribution in [0.1, 0.15) is 76.2 Å². The van der Waals surface area contributed by atoms with Gasteiger partial charge in [0.2, 0.25) is 5.71 Å². The van der Waals surface area contributed by atoms with E-state index in [2.05, 4.69) is 134 Å². The average Bonchev–Trinajstić information content (AvgIpc) is 3.66. The Labute approximate surface area is 267 Å². The summed E-state index contributed by atoms with van der Waals surface area (Å²) in [6.45, 7) is 6.55. The predicted molar refractivity (Wildman–Crippen MR) is 185 cm³/mol. The highest BCUT2D eigenvalue weighted by Gasteiger charge is 2.43. The van der Waals surface area contributed by atoms with Gasteiger partial charge in [-0.1, -0.05) is 98.8 Å². The van der Waals surface area contributed by atoms with Crippen molar-refractivity contribution >= 4 is 33.1 Å². The molecule has 0 N–H and O–H groups in total. The van der Waals surface area contributed by atoms with Gasteiger partial charge in [-0.05, 0) is 82.1 Å². The maximum absolute atomic E-state index is 6.57. The second-order valence-corrected chi connectivity index (χ2v) is 13.1. The molecule has 0 saturated heterocycles. The monoisotopic (exact) mass is 593 g/mol. The molecule has 3 aromatic heterocycles. The standard InChI is InChI=1S/C42H31N3O/c1-23(2)25-11-8-9-18-35(25)45-39-34(44-41(45)33-17-10-16-30-31-20-19-24(3)43-42(31)46-40(30)33)22-21-32-36-26-12-4-6-14-28(26)37(38(32)39)29-15-7-5-13-27(29)36/h4-23,36-37H,1-3H3. The molecule has 8 aromatic rings. The van der Waals surface area contributed by atoms with Crippen molar-refractivity contribution in [1.29, 1.82) is 0 Å². The second-order valence-electron chi connectivity index (χ2n) is 13.1. The van der Waals surface area contributed by atoms with Crippen molar-refractivity contribution in [2.75, 3.05) is 0 Å². The molecule has 2 bridgehead atoms. The molecule has 0 fully saturated rings. The van der Waals surface area contributed by atoms with Crippen LogP contribution in [0.5, 0.6) is 0 Å². The largest absolute Gasteiger partial charge is 0.437 e. The van der Waals surface area contributed by atoms with Gasteiger partial charge in [0.05, 0.1) is 22.3 Å². The first-order valence-corrected chi connectivity index (χ1v) is 16.2. The molecular weight excluding hydrogens is 562 g/mol. The van der Waals surface area contributed by atoms with E-state index in [9.17, 15) is 0 Å². The lowest BCUT2D eigenvalue weighted by atomic mass is 9.61. The van der Waals surface area contributed by atoms with Gasteiger partial charge in [0.1, 0.15) is 11.4 Å². The number of fused-ring (bicyclic) bond motifs is 4. The summed E-state index contributed by atoms with van der Waals surface area (Å²) in [5.74, 6) is 1.53. The molecule has 4 nitrogen and oxygen atoms in total. The molecule has 0 atom stereocenters. The van der Waals surface area contributed by atoms with Crippen LogP contribution in [0.4, 0.5) is 0 Å². The third-order valence-corrected chi connectivity index (χ3v) is 10.3. The van der Waals surface area contributed by atoms with E-state index in [0.717, 1.165) is 44.6 Å². The Morgan fingerprint density at radius 2 is 1.33 bits per heavy atom. The maximum Gasteiger partial charge on any atom is 0.227 e. The summed E-state index contributed by atoms with van der Waals surface area (Å²) < 4.78 is 9.01. The molecule has 3 aliphatic carbocycles. The van der Waals surface area contributed by atoms with E-state index >= 15 is 0 Å². The normalized spacial score (nSPS) is 16.3. The van der Waals surface area contributed by atoms with Crippen molar-refractivity contribution in [3.63, 3.8) is 0 Å². The predicted octanol–water partition coefficient (Wildman–Crippen LogP) is 10.4. The molecule has 0 aliphatic heterocycles. The summed E-state index contributed by atoms with van der Waals surface area (Å²) in [5, 5.41) is 2.08. The van der Waals surface area contributed by atoms with Gasteiger partial charge in [-0.15, -0.1) is 0 Å². The summed E-state index contributed by atoms with van der Waals surface area (Å²) in [6, 6.07) is 42.0. The fraction of sp³-hybridized carbons (Fsp3) is 0.143. The average molecular weight is 594 g/mol. The number of para-hydroxylation sites is 2. The van der Waals surface area contributed by atoms with E-state index in [1.54, 1.807) is 0 Å². The molecule has 0 spiro atoms. The van der Waals surface area contributed by atoms with Crippen LogP contribution in [0.25, 0.3) is 50.2 Å². The Morgan fingerprint density at radius 1 is 0.630 bits per heavy atom. The zero-order chi connectivity index (χ0) is 30.7. The lowest BCUT2D eigenvalue weighted by Gasteiger charge is -2.42. The summed E-state index contributed by atoms with van der Waals surface area (Å²) in [5.41, 5.74) is 16.4. The molecule has 0 saturated carbocycles. The number of imidazole rings is 1. The van der Waals surface area contributed by atoms with Gasteiger partial charge in [-0.25, -0.2) is 9.97 Å². The smallest absolute Gasteiger partial charge is 0.227 e. The molecular formula is C42H31N3O. The molecule has 4 heteroatoms. The molecule has 0 unspecified atom stereocenters. The Hall–Kier alpha value is -5.48. The topological polar surface area (TPSA) is 43.9 Å². The van der Waals surface area contributed by atoms with Gasteiger partial charge < -0.3 is 4.42 Å². The number of aromatic nitrogens is 3.